The fourth-order valence-electron chi connectivity index (χ4n) is 3.11. The number of unbranched alkanes of at least 4 members (excludes halogenated alkanes) is 1. The molecule has 0 aliphatic carbocycles. The van der Waals surface area contributed by atoms with Crippen LogP contribution in [-0.2, 0) is 12.6 Å². The van der Waals surface area contributed by atoms with Crippen LogP contribution in [0.5, 0.6) is 0 Å². The van der Waals surface area contributed by atoms with E-state index in [2.05, 4.69) is 4.98 Å². The molecule has 2 aromatic carbocycles. The van der Waals surface area contributed by atoms with Crippen LogP contribution in [0.1, 0.15) is 24.0 Å². The highest BCUT2D eigenvalue weighted by molar-refractivity contribution is 6.39. The van der Waals surface area contributed by atoms with E-state index in [0.29, 0.717) is 39.8 Å². The number of aromatic amines is 1. The zero-order valence-electron chi connectivity index (χ0n) is 13.8. The van der Waals surface area contributed by atoms with Crippen LogP contribution in [0, 0.1) is 0 Å². The number of aromatic nitrogens is 1. The Bertz CT molecular complexity index is 932. The Morgan fingerprint density at radius 3 is 2.50 bits per heavy atom. The predicted octanol–water partition coefficient (Wildman–Crippen LogP) is 6.44. The van der Waals surface area contributed by atoms with Crippen molar-refractivity contribution in [3.63, 3.8) is 0 Å². The van der Waals surface area contributed by atoms with Gasteiger partial charge in [-0.1, -0.05) is 35.3 Å². The summed E-state index contributed by atoms with van der Waals surface area (Å²) in [5, 5.41) is 1.73. The molecule has 0 fully saturated rings. The average Bonchev–Trinajstić information content (AvgIpc) is 2.93. The van der Waals surface area contributed by atoms with Crippen LogP contribution < -0.4 is 5.73 Å². The number of rotatable bonds is 5. The van der Waals surface area contributed by atoms with Crippen LogP contribution in [0.15, 0.2) is 36.4 Å². The summed E-state index contributed by atoms with van der Waals surface area (Å²) in [6, 6.07) is 8.63. The number of hydrogen-bond acceptors (Lipinski definition) is 1. The fourth-order valence-corrected chi connectivity index (χ4v) is 3.72. The van der Waals surface area contributed by atoms with E-state index < -0.39 is 11.7 Å². The molecule has 0 radical (unpaired) electrons. The molecule has 0 aliphatic rings. The summed E-state index contributed by atoms with van der Waals surface area (Å²) in [4.78, 5) is 3.20. The monoisotopic (exact) mass is 400 g/mol. The molecule has 0 atom stereocenters. The Balaban J connectivity index is 2.18. The van der Waals surface area contributed by atoms with Crippen molar-refractivity contribution in [2.45, 2.75) is 25.4 Å². The van der Waals surface area contributed by atoms with Crippen molar-refractivity contribution >= 4 is 34.1 Å². The van der Waals surface area contributed by atoms with Gasteiger partial charge in [-0.2, -0.15) is 13.2 Å². The molecular weight excluding hydrogens is 384 g/mol. The van der Waals surface area contributed by atoms with E-state index >= 15 is 0 Å². The van der Waals surface area contributed by atoms with Gasteiger partial charge in [0.1, 0.15) is 0 Å². The lowest BCUT2D eigenvalue weighted by atomic mass is 9.99. The molecule has 3 aromatic rings. The fraction of sp³-hybridized carbons (Fsp3) is 0.263. The Kier molecular flexibility index (Phi) is 5.51. The summed E-state index contributed by atoms with van der Waals surface area (Å²) in [6.45, 7) is 0.556. The van der Waals surface area contributed by atoms with Gasteiger partial charge in [-0.25, -0.2) is 0 Å². The lowest BCUT2D eigenvalue weighted by molar-refractivity contribution is -0.137. The lowest BCUT2D eigenvalue weighted by Gasteiger charge is -2.10. The zero-order chi connectivity index (χ0) is 18.9. The largest absolute Gasteiger partial charge is 0.416 e. The van der Waals surface area contributed by atoms with Crippen LogP contribution in [-0.4, -0.2) is 11.5 Å². The second-order valence-electron chi connectivity index (χ2n) is 6.11. The van der Waals surface area contributed by atoms with Gasteiger partial charge >= 0.3 is 6.18 Å². The third kappa shape index (κ3) is 3.85. The SMILES string of the molecule is NCCCCc1c(-c2cccc(C(F)(F)F)c2)[nH]c2cc(Cl)cc(Cl)c12. The molecule has 2 nitrogen and oxygen atoms in total. The molecule has 138 valence electrons. The maximum Gasteiger partial charge on any atom is 0.416 e. The molecule has 3 rings (SSSR count). The minimum absolute atomic E-state index is 0.464. The molecule has 26 heavy (non-hydrogen) atoms. The Labute approximate surface area is 159 Å². The minimum atomic E-state index is -4.40. The van der Waals surface area contributed by atoms with E-state index in [0.717, 1.165) is 35.9 Å². The second kappa shape index (κ2) is 7.51. The smallest absolute Gasteiger partial charge is 0.354 e. The third-order valence-electron chi connectivity index (χ3n) is 4.28. The van der Waals surface area contributed by atoms with Crippen molar-refractivity contribution < 1.29 is 13.2 Å². The number of nitrogens with one attached hydrogen (secondary N) is 1. The summed E-state index contributed by atoms with van der Waals surface area (Å²) in [5.74, 6) is 0. The predicted molar refractivity (Wildman–Crippen MR) is 101 cm³/mol. The summed E-state index contributed by atoms with van der Waals surface area (Å²) < 4.78 is 39.3. The summed E-state index contributed by atoms with van der Waals surface area (Å²) in [5.41, 5.74) is 7.57. The average molecular weight is 401 g/mol. The molecule has 1 heterocycles. The number of H-pyrrole nitrogens is 1. The van der Waals surface area contributed by atoms with Gasteiger partial charge in [-0.05, 0) is 61.2 Å². The quantitative estimate of drug-likeness (QED) is 0.475. The first kappa shape index (κ1) is 19.1. The number of hydrogen-bond donors (Lipinski definition) is 2. The first-order valence-corrected chi connectivity index (χ1v) is 8.94. The van der Waals surface area contributed by atoms with Crippen molar-refractivity contribution in [2.24, 2.45) is 5.73 Å². The van der Waals surface area contributed by atoms with Crippen LogP contribution in [0.25, 0.3) is 22.2 Å². The summed E-state index contributed by atoms with van der Waals surface area (Å²) >= 11 is 12.4. The molecule has 0 amide bonds. The van der Waals surface area contributed by atoms with Gasteiger partial charge in [0.2, 0.25) is 0 Å². The molecule has 0 saturated heterocycles. The van der Waals surface area contributed by atoms with Crippen molar-refractivity contribution in [1.82, 2.24) is 4.98 Å². The van der Waals surface area contributed by atoms with Gasteiger partial charge in [0, 0.05) is 21.6 Å². The topological polar surface area (TPSA) is 41.8 Å². The van der Waals surface area contributed by atoms with E-state index in [1.165, 1.54) is 6.07 Å². The van der Waals surface area contributed by atoms with E-state index in [1.807, 2.05) is 0 Å². The molecular formula is C19H17Cl2F3N2. The number of fused-ring (bicyclic) bond motifs is 1. The van der Waals surface area contributed by atoms with Crippen molar-refractivity contribution in [3.8, 4) is 11.3 Å². The van der Waals surface area contributed by atoms with Gasteiger partial charge < -0.3 is 10.7 Å². The maximum atomic E-state index is 13.1. The maximum absolute atomic E-state index is 13.1. The number of aryl methyl sites for hydroxylation is 1. The van der Waals surface area contributed by atoms with Crippen LogP contribution >= 0.6 is 23.2 Å². The Morgan fingerprint density at radius 1 is 1.04 bits per heavy atom. The highest BCUT2D eigenvalue weighted by atomic mass is 35.5. The van der Waals surface area contributed by atoms with Crippen LogP contribution in [0.4, 0.5) is 13.2 Å². The first-order valence-electron chi connectivity index (χ1n) is 8.18. The Morgan fingerprint density at radius 2 is 1.81 bits per heavy atom. The molecule has 0 unspecified atom stereocenters. The van der Waals surface area contributed by atoms with Gasteiger partial charge in [-0.15, -0.1) is 0 Å². The van der Waals surface area contributed by atoms with Crippen molar-refractivity contribution in [3.05, 3.63) is 57.6 Å². The minimum Gasteiger partial charge on any atom is -0.354 e. The van der Waals surface area contributed by atoms with Crippen molar-refractivity contribution in [1.29, 1.82) is 0 Å². The number of nitrogens with two attached hydrogens (primary N) is 1. The molecule has 1 aromatic heterocycles. The number of alkyl halides is 3. The standard InChI is InChI=1S/C19H17Cl2F3N2/c20-13-9-15(21)17-14(6-1-2-7-25)18(26-16(17)10-13)11-4-3-5-12(8-11)19(22,23)24/h3-5,8-10,26H,1-2,6-7,25H2. The highest BCUT2D eigenvalue weighted by Crippen LogP contribution is 2.39. The summed E-state index contributed by atoms with van der Waals surface area (Å²) in [6.07, 6.45) is -2.11. The van der Waals surface area contributed by atoms with Gasteiger partial charge in [-0.3, -0.25) is 0 Å². The third-order valence-corrected chi connectivity index (χ3v) is 4.79. The molecule has 7 heteroatoms. The molecule has 0 bridgehead atoms. The van der Waals surface area contributed by atoms with Crippen LogP contribution in [0.2, 0.25) is 10.0 Å². The van der Waals surface area contributed by atoms with E-state index in [4.69, 9.17) is 28.9 Å². The molecule has 3 N–H and O–H groups in total. The first-order chi connectivity index (χ1) is 12.3. The number of halogens is 5. The molecule has 0 aliphatic heterocycles. The highest BCUT2D eigenvalue weighted by Gasteiger charge is 2.30. The van der Waals surface area contributed by atoms with Gasteiger partial charge in [0.05, 0.1) is 10.6 Å². The van der Waals surface area contributed by atoms with E-state index in [1.54, 1.807) is 18.2 Å². The normalized spacial score (nSPS) is 12.1. The van der Waals surface area contributed by atoms with Crippen molar-refractivity contribution in [2.75, 3.05) is 6.54 Å². The van der Waals surface area contributed by atoms with E-state index in [-0.39, 0.29) is 0 Å². The second-order valence-corrected chi connectivity index (χ2v) is 6.96. The number of benzene rings is 2. The van der Waals surface area contributed by atoms with E-state index in [9.17, 15) is 13.2 Å². The van der Waals surface area contributed by atoms with Gasteiger partial charge in [0.25, 0.3) is 0 Å². The molecule has 0 spiro atoms. The zero-order valence-corrected chi connectivity index (χ0v) is 15.3. The lowest BCUT2D eigenvalue weighted by Crippen LogP contribution is -2.04. The Hall–Kier alpha value is -1.69. The summed E-state index contributed by atoms with van der Waals surface area (Å²) in [7, 11) is 0. The van der Waals surface area contributed by atoms with Crippen LogP contribution in [0.3, 0.4) is 0 Å². The molecule has 0 saturated carbocycles. The van der Waals surface area contributed by atoms with Gasteiger partial charge in [0.15, 0.2) is 0 Å².